The van der Waals surface area contributed by atoms with Gasteiger partial charge in [0.25, 0.3) is 6.02 Å². The van der Waals surface area contributed by atoms with E-state index in [0.717, 1.165) is 18.5 Å². The zero-order valence-corrected chi connectivity index (χ0v) is 13.1. The summed E-state index contributed by atoms with van der Waals surface area (Å²) < 4.78 is 28.9. The van der Waals surface area contributed by atoms with Crippen molar-refractivity contribution in [1.29, 1.82) is 0 Å². The number of carbonyl (C=O) groups is 1. The molecule has 1 atom stereocenters. The number of hydrogen-bond donors (Lipinski definition) is 3. The summed E-state index contributed by atoms with van der Waals surface area (Å²) in [7, 11) is 0. The van der Waals surface area contributed by atoms with Crippen LogP contribution < -0.4 is 11.5 Å². The summed E-state index contributed by atoms with van der Waals surface area (Å²) in [6.45, 7) is 0.612. The SMILES string of the molecule is NC1=N[C@@H](CCc2ccc(N)cc2)CO1.O=C(O)C1CC(F)(F)C1. The van der Waals surface area contributed by atoms with Gasteiger partial charge in [0.05, 0.1) is 12.0 Å². The molecule has 1 fully saturated rings. The first kappa shape index (κ1) is 18.0. The van der Waals surface area contributed by atoms with Gasteiger partial charge in [-0.05, 0) is 30.5 Å². The molecule has 0 bridgehead atoms. The normalized spacial score (nSPS) is 21.8. The predicted molar refractivity (Wildman–Crippen MR) is 85.8 cm³/mol. The van der Waals surface area contributed by atoms with Crippen LogP contribution in [0, 0.1) is 5.92 Å². The topological polar surface area (TPSA) is 111 Å². The van der Waals surface area contributed by atoms with Gasteiger partial charge in [-0.15, -0.1) is 0 Å². The van der Waals surface area contributed by atoms with Crippen molar-refractivity contribution in [2.75, 3.05) is 12.3 Å². The van der Waals surface area contributed by atoms with Crippen LogP contribution in [-0.2, 0) is 16.0 Å². The number of nitrogens with two attached hydrogens (primary N) is 2. The molecule has 1 heterocycles. The van der Waals surface area contributed by atoms with Crippen molar-refractivity contribution < 1.29 is 23.4 Å². The zero-order valence-electron chi connectivity index (χ0n) is 13.1. The number of carboxylic acid groups (broad SMARTS) is 1. The molecule has 0 saturated heterocycles. The molecule has 5 N–H and O–H groups in total. The number of hydrogen-bond acceptors (Lipinski definition) is 5. The van der Waals surface area contributed by atoms with Gasteiger partial charge < -0.3 is 21.3 Å². The Morgan fingerprint density at radius 1 is 1.29 bits per heavy atom. The zero-order chi connectivity index (χ0) is 17.7. The summed E-state index contributed by atoms with van der Waals surface area (Å²) in [5, 5.41) is 8.13. The van der Waals surface area contributed by atoms with E-state index in [9.17, 15) is 13.6 Å². The first-order valence-electron chi connectivity index (χ1n) is 7.66. The van der Waals surface area contributed by atoms with Gasteiger partial charge in [0.15, 0.2) is 0 Å². The maximum atomic E-state index is 11.9. The van der Waals surface area contributed by atoms with Crippen molar-refractivity contribution in [3.05, 3.63) is 29.8 Å². The van der Waals surface area contributed by atoms with Crippen molar-refractivity contribution in [3.63, 3.8) is 0 Å². The molecule has 1 saturated carbocycles. The lowest BCUT2D eigenvalue weighted by atomic mass is 9.82. The Morgan fingerprint density at radius 3 is 2.33 bits per heavy atom. The number of carboxylic acids is 1. The number of ether oxygens (including phenoxy) is 1. The molecule has 0 radical (unpaired) electrons. The lowest BCUT2D eigenvalue weighted by Gasteiger charge is -2.31. The number of benzene rings is 1. The third-order valence-corrected chi connectivity index (χ3v) is 3.92. The number of anilines is 1. The fourth-order valence-corrected chi connectivity index (χ4v) is 2.44. The average molecular weight is 341 g/mol. The van der Waals surface area contributed by atoms with E-state index in [4.69, 9.17) is 21.3 Å². The predicted octanol–water partition coefficient (Wildman–Crippen LogP) is 2.03. The molecule has 24 heavy (non-hydrogen) atoms. The van der Waals surface area contributed by atoms with E-state index in [-0.39, 0.29) is 6.04 Å². The molecule has 0 unspecified atom stereocenters. The van der Waals surface area contributed by atoms with E-state index in [1.54, 1.807) is 0 Å². The maximum Gasteiger partial charge on any atom is 0.306 e. The van der Waals surface area contributed by atoms with Crippen LogP contribution in [0.15, 0.2) is 29.3 Å². The van der Waals surface area contributed by atoms with Gasteiger partial charge in [-0.1, -0.05) is 12.1 Å². The van der Waals surface area contributed by atoms with Crippen molar-refractivity contribution in [2.24, 2.45) is 16.6 Å². The first-order valence-corrected chi connectivity index (χ1v) is 7.66. The van der Waals surface area contributed by atoms with Crippen molar-refractivity contribution in [3.8, 4) is 0 Å². The molecule has 6 nitrogen and oxygen atoms in total. The minimum Gasteiger partial charge on any atom is -0.481 e. The van der Waals surface area contributed by atoms with Gasteiger partial charge in [0.2, 0.25) is 5.92 Å². The summed E-state index contributed by atoms with van der Waals surface area (Å²) in [5.74, 6) is -4.62. The molecule has 132 valence electrons. The number of amidine groups is 1. The minimum atomic E-state index is -2.71. The number of aliphatic carboxylic acids is 1. The lowest BCUT2D eigenvalue weighted by molar-refractivity contribution is -0.165. The molecule has 1 aliphatic carbocycles. The van der Waals surface area contributed by atoms with Crippen LogP contribution in [0.1, 0.15) is 24.8 Å². The lowest BCUT2D eigenvalue weighted by Crippen LogP contribution is -2.39. The van der Waals surface area contributed by atoms with E-state index >= 15 is 0 Å². The van der Waals surface area contributed by atoms with E-state index in [2.05, 4.69) is 4.99 Å². The third kappa shape index (κ3) is 5.36. The number of alkyl halides is 2. The monoisotopic (exact) mass is 341 g/mol. The van der Waals surface area contributed by atoms with Crippen molar-refractivity contribution >= 4 is 17.7 Å². The highest BCUT2D eigenvalue weighted by molar-refractivity contribution is 5.73. The number of rotatable bonds is 4. The molecular weight excluding hydrogens is 320 g/mol. The van der Waals surface area contributed by atoms with Crippen molar-refractivity contribution in [1.82, 2.24) is 0 Å². The van der Waals surface area contributed by atoms with Crippen LogP contribution in [0.2, 0.25) is 0 Å². The summed E-state index contributed by atoms with van der Waals surface area (Å²) in [6, 6.07) is 8.44. The van der Waals surface area contributed by atoms with Gasteiger partial charge in [-0.3, -0.25) is 4.79 Å². The quantitative estimate of drug-likeness (QED) is 0.726. The number of nitrogen functional groups attached to an aromatic ring is 1. The Balaban J connectivity index is 0.000000198. The van der Waals surface area contributed by atoms with Gasteiger partial charge >= 0.3 is 5.97 Å². The van der Waals surface area contributed by atoms with Crippen LogP contribution in [0.25, 0.3) is 0 Å². The minimum absolute atomic E-state index is 0.211. The highest BCUT2D eigenvalue weighted by Crippen LogP contribution is 2.42. The van der Waals surface area contributed by atoms with Crippen LogP contribution in [0.5, 0.6) is 0 Å². The van der Waals surface area contributed by atoms with E-state index in [0.29, 0.717) is 12.6 Å². The van der Waals surface area contributed by atoms with E-state index in [1.807, 2.05) is 24.3 Å². The second-order valence-electron chi connectivity index (χ2n) is 6.01. The molecule has 3 rings (SSSR count). The Bertz CT molecular complexity index is 597. The smallest absolute Gasteiger partial charge is 0.306 e. The fourth-order valence-electron chi connectivity index (χ4n) is 2.44. The van der Waals surface area contributed by atoms with E-state index < -0.39 is 30.7 Å². The molecule has 1 aromatic carbocycles. The number of halogens is 2. The largest absolute Gasteiger partial charge is 0.481 e. The molecule has 2 aliphatic rings. The molecule has 8 heteroatoms. The summed E-state index contributed by atoms with van der Waals surface area (Å²) >= 11 is 0. The summed E-state index contributed by atoms with van der Waals surface area (Å²) in [4.78, 5) is 14.1. The molecule has 0 amide bonds. The standard InChI is InChI=1S/C11H15N3O.C5H6F2O2/c12-9-4-1-8(2-5-9)3-6-10-7-15-11(13)14-10;6-5(7)1-3(2-5)4(8)9/h1-2,4-5,10H,3,6-7,12H2,(H2,13,14);3H,1-2H2,(H,8,9)/t10-;/m0./s1. The molecule has 1 aliphatic heterocycles. The summed E-state index contributed by atoms with van der Waals surface area (Å²) in [5.41, 5.74) is 13.1. The van der Waals surface area contributed by atoms with Crippen LogP contribution in [0.3, 0.4) is 0 Å². The Labute approximate surface area is 138 Å². The highest BCUT2D eigenvalue weighted by atomic mass is 19.3. The fraction of sp³-hybridized carbons (Fsp3) is 0.500. The molecule has 0 spiro atoms. The van der Waals surface area contributed by atoms with Gasteiger partial charge in [0.1, 0.15) is 6.61 Å². The second kappa shape index (κ2) is 7.46. The van der Waals surface area contributed by atoms with Crippen LogP contribution in [-0.4, -0.2) is 35.7 Å². The molecular formula is C16H21F2N3O3. The highest BCUT2D eigenvalue weighted by Gasteiger charge is 2.48. The summed E-state index contributed by atoms with van der Waals surface area (Å²) in [6.07, 6.45) is 0.973. The third-order valence-electron chi connectivity index (χ3n) is 3.92. The Morgan fingerprint density at radius 2 is 1.92 bits per heavy atom. The Kier molecular flexibility index (Phi) is 5.58. The Hall–Kier alpha value is -2.38. The molecule has 1 aromatic rings. The molecule has 0 aromatic heterocycles. The van der Waals surface area contributed by atoms with E-state index in [1.165, 1.54) is 5.56 Å². The van der Waals surface area contributed by atoms with Crippen molar-refractivity contribution in [2.45, 2.75) is 37.6 Å². The maximum absolute atomic E-state index is 11.9. The van der Waals surface area contributed by atoms with Gasteiger partial charge in [-0.25, -0.2) is 13.8 Å². The number of aryl methyl sites for hydroxylation is 1. The van der Waals surface area contributed by atoms with Crippen LogP contribution >= 0.6 is 0 Å². The average Bonchev–Trinajstić information content (AvgIpc) is 2.90. The van der Waals surface area contributed by atoms with Crippen LogP contribution in [0.4, 0.5) is 14.5 Å². The number of aliphatic imine (C=N–C) groups is 1. The van der Waals surface area contributed by atoms with Gasteiger partial charge in [-0.2, -0.15) is 0 Å². The number of nitrogens with zero attached hydrogens (tertiary/aromatic N) is 1. The second-order valence-corrected chi connectivity index (χ2v) is 6.01. The first-order chi connectivity index (χ1) is 11.2. The van der Waals surface area contributed by atoms with Gasteiger partial charge in [0, 0.05) is 18.5 Å².